The van der Waals surface area contributed by atoms with Crippen molar-refractivity contribution in [2.45, 2.75) is 20.8 Å². The number of nitrogens with one attached hydrogen (secondary N) is 3. The Balaban J connectivity index is 1.91. The van der Waals surface area contributed by atoms with Gasteiger partial charge in [-0.15, -0.1) is 0 Å². The van der Waals surface area contributed by atoms with Gasteiger partial charge in [-0.25, -0.2) is 9.97 Å². The first kappa shape index (κ1) is 19.7. The largest absolute Gasteiger partial charge is 0.353 e. The molecule has 3 aromatic rings. The van der Waals surface area contributed by atoms with E-state index in [1.54, 1.807) is 24.3 Å². The number of carbonyl (C=O) groups excluding carboxylic acids is 1. The molecule has 9 nitrogen and oxygen atoms in total. The quantitative estimate of drug-likeness (QED) is 0.418. The molecule has 0 saturated heterocycles. The van der Waals surface area contributed by atoms with E-state index in [4.69, 9.17) is 0 Å². The van der Waals surface area contributed by atoms with E-state index in [1.807, 2.05) is 32.0 Å². The molecule has 0 fully saturated rings. The third-order valence-corrected chi connectivity index (χ3v) is 4.12. The van der Waals surface area contributed by atoms with Gasteiger partial charge in [-0.2, -0.15) is 0 Å². The minimum absolute atomic E-state index is 0.0603. The van der Waals surface area contributed by atoms with Crippen molar-refractivity contribution in [2.75, 3.05) is 16.0 Å². The Morgan fingerprint density at radius 2 is 1.59 bits per heavy atom. The van der Waals surface area contributed by atoms with Gasteiger partial charge in [0.2, 0.25) is 17.5 Å². The maximum atomic E-state index is 11.7. The van der Waals surface area contributed by atoms with Gasteiger partial charge in [-0.1, -0.05) is 12.1 Å². The molecule has 9 heteroatoms. The van der Waals surface area contributed by atoms with Crippen molar-refractivity contribution >= 4 is 40.3 Å². The number of carbonyl (C=O) groups is 1. The molecular formula is C20H20N6O3. The number of hydrogen-bond donors (Lipinski definition) is 3. The maximum absolute atomic E-state index is 11.7. The van der Waals surface area contributed by atoms with E-state index in [0.717, 1.165) is 16.8 Å². The lowest BCUT2D eigenvalue weighted by molar-refractivity contribution is -0.383. The highest BCUT2D eigenvalue weighted by Gasteiger charge is 2.23. The molecule has 2 aromatic carbocycles. The molecule has 0 radical (unpaired) electrons. The fourth-order valence-corrected chi connectivity index (χ4v) is 2.71. The molecule has 0 aliphatic carbocycles. The Hall–Kier alpha value is -4.01. The summed E-state index contributed by atoms with van der Waals surface area (Å²) in [5, 5.41) is 20.4. The molecule has 29 heavy (non-hydrogen) atoms. The molecule has 0 aliphatic heterocycles. The van der Waals surface area contributed by atoms with Crippen molar-refractivity contribution in [1.29, 1.82) is 0 Å². The molecule has 3 rings (SSSR count). The van der Waals surface area contributed by atoms with Crippen molar-refractivity contribution < 1.29 is 9.72 Å². The summed E-state index contributed by atoms with van der Waals surface area (Å²) in [6, 6.07) is 12.5. The van der Waals surface area contributed by atoms with Crippen LogP contribution in [0.4, 0.5) is 34.4 Å². The molecule has 3 N–H and O–H groups in total. The second-order valence-electron chi connectivity index (χ2n) is 6.50. The number of benzene rings is 2. The van der Waals surface area contributed by atoms with E-state index in [-0.39, 0.29) is 23.2 Å². The number of nitrogens with zero attached hydrogens (tertiary/aromatic N) is 3. The molecule has 0 unspecified atom stereocenters. The number of anilines is 5. The lowest BCUT2D eigenvalue weighted by Gasteiger charge is -2.12. The summed E-state index contributed by atoms with van der Waals surface area (Å²) in [5.41, 5.74) is 3.63. The Kier molecular flexibility index (Phi) is 5.68. The number of hydrogen-bond acceptors (Lipinski definition) is 7. The van der Waals surface area contributed by atoms with Crippen molar-refractivity contribution in [2.24, 2.45) is 0 Å². The minimum atomic E-state index is -0.526. The van der Waals surface area contributed by atoms with E-state index < -0.39 is 4.92 Å². The van der Waals surface area contributed by atoms with Crippen molar-refractivity contribution in [1.82, 2.24) is 9.97 Å². The summed E-state index contributed by atoms with van der Waals surface area (Å²) in [6.07, 6.45) is 1.26. The van der Waals surface area contributed by atoms with E-state index in [1.165, 1.54) is 13.3 Å². The van der Waals surface area contributed by atoms with Crippen LogP contribution in [0.25, 0.3) is 0 Å². The fourth-order valence-electron chi connectivity index (χ4n) is 2.71. The molecule has 0 spiro atoms. The zero-order valence-electron chi connectivity index (χ0n) is 16.2. The van der Waals surface area contributed by atoms with E-state index in [0.29, 0.717) is 11.4 Å². The first-order valence-corrected chi connectivity index (χ1v) is 8.82. The zero-order valence-corrected chi connectivity index (χ0v) is 16.2. The van der Waals surface area contributed by atoms with Crippen LogP contribution in [-0.4, -0.2) is 20.8 Å². The van der Waals surface area contributed by atoms with E-state index >= 15 is 0 Å². The maximum Gasteiger partial charge on any atom is 0.353 e. The second kappa shape index (κ2) is 8.34. The van der Waals surface area contributed by atoms with Gasteiger partial charge in [-0.05, 0) is 55.3 Å². The van der Waals surface area contributed by atoms with Crippen molar-refractivity contribution in [3.05, 3.63) is 70.0 Å². The highest BCUT2D eigenvalue weighted by Crippen LogP contribution is 2.34. The summed E-state index contributed by atoms with van der Waals surface area (Å²) in [6.45, 7) is 5.27. The van der Waals surface area contributed by atoms with Crippen molar-refractivity contribution in [3.8, 4) is 0 Å². The standard InChI is InChI=1S/C20H20N6O3/c1-12-4-5-13(2)17(10-12)25-20-18(26(28)29)19(21-11-22-20)24-16-8-6-15(7-9-16)23-14(3)27/h4-11H,1-3H3,(H,23,27)(H2,21,22,24,25). The number of rotatable bonds is 6. The average Bonchev–Trinajstić information content (AvgIpc) is 2.66. The van der Waals surface area contributed by atoms with Crippen molar-refractivity contribution in [3.63, 3.8) is 0 Å². The van der Waals surface area contributed by atoms with Gasteiger partial charge in [0, 0.05) is 24.0 Å². The molecule has 0 saturated carbocycles. The van der Waals surface area contributed by atoms with Crippen LogP contribution in [0.15, 0.2) is 48.8 Å². The van der Waals surface area contributed by atoms with Crippen LogP contribution in [0.2, 0.25) is 0 Å². The smallest absolute Gasteiger partial charge is 0.334 e. The highest BCUT2D eigenvalue weighted by molar-refractivity contribution is 5.89. The molecule has 1 aromatic heterocycles. The summed E-state index contributed by atoms with van der Waals surface area (Å²) < 4.78 is 0. The number of aryl methyl sites for hydroxylation is 2. The van der Waals surface area contributed by atoms with Crippen LogP contribution in [-0.2, 0) is 4.79 Å². The Morgan fingerprint density at radius 1 is 0.966 bits per heavy atom. The molecule has 0 aliphatic rings. The zero-order chi connectivity index (χ0) is 21.0. The summed E-state index contributed by atoms with van der Waals surface area (Å²) in [4.78, 5) is 30.4. The molecule has 1 heterocycles. The third kappa shape index (κ3) is 4.83. The van der Waals surface area contributed by atoms with Gasteiger partial charge < -0.3 is 16.0 Å². The van der Waals surface area contributed by atoms with Crippen LogP contribution < -0.4 is 16.0 Å². The Bertz CT molecular complexity index is 1070. The lowest BCUT2D eigenvalue weighted by atomic mass is 10.1. The molecule has 1 amide bonds. The summed E-state index contributed by atoms with van der Waals surface area (Å²) >= 11 is 0. The molecule has 148 valence electrons. The number of amides is 1. The minimum Gasteiger partial charge on any atom is -0.334 e. The normalized spacial score (nSPS) is 10.3. The van der Waals surface area contributed by atoms with E-state index in [2.05, 4.69) is 25.9 Å². The van der Waals surface area contributed by atoms with Gasteiger partial charge in [0.15, 0.2) is 0 Å². The van der Waals surface area contributed by atoms with Gasteiger partial charge >= 0.3 is 5.69 Å². The summed E-state index contributed by atoms with van der Waals surface area (Å²) in [7, 11) is 0. The predicted octanol–water partition coefficient (Wildman–Crippen LogP) is 4.45. The molecule has 0 bridgehead atoms. The number of nitro groups is 1. The Morgan fingerprint density at radius 3 is 2.21 bits per heavy atom. The van der Waals surface area contributed by atoms with E-state index in [9.17, 15) is 14.9 Å². The fraction of sp³-hybridized carbons (Fsp3) is 0.150. The SMILES string of the molecule is CC(=O)Nc1ccc(Nc2ncnc(Nc3cc(C)ccc3C)c2[N+](=O)[O-])cc1. The van der Waals surface area contributed by atoms with Gasteiger partial charge in [0.1, 0.15) is 6.33 Å². The van der Waals surface area contributed by atoms with Crippen LogP contribution >= 0.6 is 0 Å². The first-order valence-electron chi connectivity index (χ1n) is 8.82. The van der Waals surface area contributed by atoms with Gasteiger partial charge in [-0.3, -0.25) is 14.9 Å². The van der Waals surface area contributed by atoms with Gasteiger partial charge in [0.05, 0.1) is 4.92 Å². The Labute approximate surface area is 167 Å². The third-order valence-electron chi connectivity index (χ3n) is 4.12. The second-order valence-corrected chi connectivity index (χ2v) is 6.50. The van der Waals surface area contributed by atoms with Crippen LogP contribution in [0.1, 0.15) is 18.1 Å². The monoisotopic (exact) mass is 392 g/mol. The predicted molar refractivity (Wildman–Crippen MR) is 112 cm³/mol. The van der Waals surface area contributed by atoms with Gasteiger partial charge in [0.25, 0.3) is 0 Å². The highest BCUT2D eigenvalue weighted by atomic mass is 16.6. The topological polar surface area (TPSA) is 122 Å². The average molecular weight is 392 g/mol. The first-order chi connectivity index (χ1) is 13.8. The molecular weight excluding hydrogens is 372 g/mol. The van der Waals surface area contributed by atoms with Crippen LogP contribution in [0.5, 0.6) is 0 Å². The summed E-state index contributed by atoms with van der Waals surface area (Å²) in [5.74, 6) is -0.0274. The van der Waals surface area contributed by atoms with Crippen LogP contribution in [0.3, 0.4) is 0 Å². The lowest BCUT2D eigenvalue weighted by Crippen LogP contribution is -2.07. The van der Waals surface area contributed by atoms with Crippen LogP contribution in [0, 0.1) is 24.0 Å². The molecule has 0 atom stereocenters. The number of aromatic nitrogens is 2.